The number of hydrogen-bond donors (Lipinski definition) is 1. The standard InChI is InChI=1S/C44H30N4/c1-2-15-31(16-3-1)45-38-22-12-21-33(41(38)30-13-4-5-14-30)29-25-27-32(28-26-29)47-40-24-11-9-20-37(40)42-44(47)46-43-36-19-7-6-17-34(36)35-18-8-10-23-39(35)48(42)43/h1-13,15-28,45H,14H2. The third-order valence-corrected chi connectivity index (χ3v) is 9.72. The van der Waals surface area contributed by atoms with Crippen LogP contribution in [0.3, 0.4) is 0 Å². The molecule has 10 rings (SSSR count). The first-order valence-corrected chi connectivity index (χ1v) is 16.5. The molecule has 0 fully saturated rings. The molecule has 6 aromatic carbocycles. The van der Waals surface area contributed by atoms with Crippen molar-refractivity contribution < 1.29 is 0 Å². The molecule has 4 heteroatoms. The molecular weight excluding hydrogens is 585 g/mol. The molecule has 0 atom stereocenters. The first-order chi connectivity index (χ1) is 23.8. The van der Waals surface area contributed by atoms with E-state index in [2.05, 4.69) is 172 Å². The third kappa shape index (κ3) is 3.99. The molecule has 0 aliphatic heterocycles. The summed E-state index contributed by atoms with van der Waals surface area (Å²) in [6, 6.07) is 51.9. The number of nitrogens with one attached hydrogen (secondary N) is 1. The minimum Gasteiger partial charge on any atom is -0.355 e. The summed E-state index contributed by atoms with van der Waals surface area (Å²) in [4.78, 5) is 5.41. The van der Waals surface area contributed by atoms with Gasteiger partial charge in [0.05, 0.1) is 11.0 Å². The highest BCUT2D eigenvalue weighted by molar-refractivity contribution is 6.17. The molecule has 0 unspecified atom stereocenters. The van der Waals surface area contributed by atoms with E-state index in [0.29, 0.717) is 0 Å². The van der Waals surface area contributed by atoms with Gasteiger partial charge in [-0.2, -0.15) is 0 Å². The van der Waals surface area contributed by atoms with E-state index < -0.39 is 0 Å². The van der Waals surface area contributed by atoms with Crippen molar-refractivity contribution in [2.24, 2.45) is 0 Å². The number of anilines is 2. The van der Waals surface area contributed by atoms with Gasteiger partial charge in [0, 0.05) is 38.8 Å². The second kappa shape index (κ2) is 10.6. The molecular formula is C44H30N4. The number of fused-ring (bicyclic) bond motifs is 10. The number of imidazole rings is 1. The maximum absolute atomic E-state index is 5.41. The van der Waals surface area contributed by atoms with Crippen LogP contribution >= 0.6 is 0 Å². The van der Waals surface area contributed by atoms with Gasteiger partial charge in [0.15, 0.2) is 5.65 Å². The summed E-state index contributed by atoms with van der Waals surface area (Å²) in [5.74, 6) is 0. The minimum absolute atomic E-state index is 0.920. The topological polar surface area (TPSA) is 34.3 Å². The van der Waals surface area contributed by atoms with Gasteiger partial charge in [0.25, 0.3) is 0 Å². The molecule has 226 valence electrons. The Morgan fingerprint density at radius 1 is 0.562 bits per heavy atom. The Kier molecular flexibility index (Phi) is 5.90. The van der Waals surface area contributed by atoms with Gasteiger partial charge in [-0.15, -0.1) is 0 Å². The van der Waals surface area contributed by atoms with Crippen LogP contribution in [0.4, 0.5) is 11.4 Å². The maximum Gasteiger partial charge on any atom is 0.165 e. The number of aromatic nitrogens is 3. The van der Waals surface area contributed by atoms with Gasteiger partial charge in [-0.25, -0.2) is 4.98 Å². The summed E-state index contributed by atoms with van der Waals surface area (Å²) in [6.45, 7) is 0. The fourth-order valence-corrected chi connectivity index (χ4v) is 7.62. The van der Waals surface area contributed by atoms with E-state index in [1.807, 2.05) is 6.07 Å². The molecule has 1 aliphatic rings. The zero-order valence-electron chi connectivity index (χ0n) is 26.1. The van der Waals surface area contributed by atoms with Crippen LogP contribution in [0.2, 0.25) is 0 Å². The molecule has 1 N–H and O–H groups in total. The SMILES string of the molecule is C1=CCC(c2c(Nc3ccccc3)cccc2-c2ccc(-n3c4ccccc4c4c3nc3c5ccccc5c5ccccc5n34)cc2)=C1. The lowest BCUT2D eigenvalue weighted by Crippen LogP contribution is -1.99. The van der Waals surface area contributed by atoms with E-state index in [0.717, 1.165) is 51.2 Å². The molecule has 0 radical (unpaired) electrons. The van der Waals surface area contributed by atoms with Crippen molar-refractivity contribution in [3.63, 3.8) is 0 Å². The predicted octanol–water partition coefficient (Wildman–Crippen LogP) is 11.5. The molecule has 0 spiro atoms. The molecule has 9 aromatic rings. The Hall–Kier alpha value is -6.39. The van der Waals surface area contributed by atoms with Crippen LogP contribution in [0.5, 0.6) is 0 Å². The van der Waals surface area contributed by atoms with Crippen molar-refractivity contribution in [3.8, 4) is 16.8 Å². The van der Waals surface area contributed by atoms with E-state index in [9.17, 15) is 0 Å². The summed E-state index contributed by atoms with van der Waals surface area (Å²) in [7, 11) is 0. The highest BCUT2D eigenvalue weighted by Crippen LogP contribution is 2.41. The minimum atomic E-state index is 0.920. The number of hydrogen-bond acceptors (Lipinski definition) is 2. The van der Waals surface area contributed by atoms with E-state index >= 15 is 0 Å². The average molecular weight is 615 g/mol. The van der Waals surface area contributed by atoms with Crippen LogP contribution in [0.15, 0.2) is 164 Å². The van der Waals surface area contributed by atoms with Crippen molar-refractivity contribution in [1.29, 1.82) is 0 Å². The molecule has 1 aliphatic carbocycles. The van der Waals surface area contributed by atoms with Crippen molar-refractivity contribution >= 4 is 66.3 Å². The lowest BCUT2D eigenvalue weighted by Gasteiger charge is -2.18. The van der Waals surface area contributed by atoms with Crippen LogP contribution < -0.4 is 5.32 Å². The fraction of sp³-hybridized carbons (Fsp3) is 0.0227. The number of allylic oxidation sites excluding steroid dienone is 4. The number of para-hydroxylation sites is 3. The van der Waals surface area contributed by atoms with Crippen molar-refractivity contribution in [2.75, 3.05) is 5.32 Å². The molecule has 3 heterocycles. The van der Waals surface area contributed by atoms with Crippen molar-refractivity contribution in [1.82, 2.24) is 14.0 Å². The Morgan fingerprint density at radius 3 is 2.06 bits per heavy atom. The second-order valence-electron chi connectivity index (χ2n) is 12.4. The normalized spacial score (nSPS) is 13.0. The van der Waals surface area contributed by atoms with E-state index in [4.69, 9.17) is 4.98 Å². The van der Waals surface area contributed by atoms with E-state index in [1.165, 1.54) is 43.9 Å². The highest BCUT2D eigenvalue weighted by atomic mass is 15.1. The zero-order valence-corrected chi connectivity index (χ0v) is 26.1. The van der Waals surface area contributed by atoms with Crippen LogP contribution in [-0.4, -0.2) is 14.0 Å². The van der Waals surface area contributed by atoms with Crippen molar-refractivity contribution in [3.05, 3.63) is 169 Å². The highest BCUT2D eigenvalue weighted by Gasteiger charge is 2.22. The molecule has 48 heavy (non-hydrogen) atoms. The predicted molar refractivity (Wildman–Crippen MR) is 201 cm³/mol. The molecule has 0 saturated heterocycles. The van der Waals surface area contributed by atoms with Gasteiger partial charge in [-0.05, 0) is 71.0 Å². The fourth-order valence-electron chi connectivity index (χ4n) is 7.62. The first-order valence-electron chi connectivity index (χ1n) is 16.5. The third-order valence-electron chi connectivity index (χ3n) is 9.72. The quantitative estimate of drug-likeness (QED) is 0.196. The molecule has 0 amide bonds. The van der Waals surface area contributed by atoms with Crippen molar-refractivity contribution in [2.45, 2.75) is 6.42 Å². The number of rotatable bonds is 5. The largest absolute Gasteiger partial charge is 0.355 e. The van der Waals surface area contributed by atoms with Gasteiger partial charge in [-0.3, -0.25) is 8.97 Å². The zero-order chi connectivity index (χ0) is 31.6. The maximum atomic E-state index is 5.41. The molecule has 3 aromatic heterocycles. The molecule has 0 bridgehead atoms. The Bertz CT molecular complexity index is 2760. The Labute approximate surface area is 277 Å². The second-order valence-corrected chi connectivity index (χ2v) is 12.4. The van der Waals surface area contributed by atoms with E-state index in [-0.39, 0.29) is 0 Å². The summed E-state index contributed by atoms with van der Waals surface area (Å²) < 4.78 is 4.68. The van der Waals surface area contributed by atoms with Gasteiger partial charge in [0.2, 0.25) is 0 Å². The molecule has 4 nitrogen and oxygen atoms in total. The van der Waals surface area contributed by atoms with Crippen LogP contribution in [0.1, 0.15) is 12.0 Å². The lowest BCUT2D eigenvalue weighted by atomic mass is 9.92. The van der Waals surface area contributed by atoms with Crippen LogP contribution in [-0.2, 0) is 0 Å². The van der Waals surface area contributed by atoms with Crippen LogP contribution in [0, 0.1) is 0 Å². The number of pyridine rings is 1. The van der Waals surface area contributed by atoms with Gasteiger partial charge in [0.1, 0.15) is 11.2 Å². The van der Waals surface area contributed by atoms with Gasteiger partial charge >= 0.3 is 0 Å². The Balaban J connectivity index is 1.17. The Morgan fingerprint density at radius 2 is 1.27 bits per heavy atom. The monoisotopic (exact) mass is 614 g/mol. The smallest absolute Gasteiger partial charge is 0.165 e. The van der Waals surface area contributed by atoms with Gasteiger partial charge in [-0.1, -0.05) is 121 Å². The molecule has 0 saturated carbocycles. The summed E-state index contributed by atoms with van der Waals surface area (Å²) in [5, 5.41) is 8.49. The number of benzene rings is 6. The van der Waals surface area contributed by atoms with Crippen LogP contribution in [0.25, 0.3) is 71.8 Å². The number of nitrogens with zero attached hydrogens (tertiary/aromatic N) is 3. The summed E-state index contributed by atoms with van der Waals surface area (Å²) in [5.41, 5.74) is 13.6. The lowest BCUT2D eigenvalue weighted by molar-refractivity contribution is 1.15. The first kappa shape index (κ1) is 26.8. The van der Waals surface area contributed by atoms with Gasteiger partial charge < -0.3 is 5.32 Å². The summed E-state index contributed by atoms with van der Waals surface area (Å²) >= 11 is 0. The van der Waals surface area contributed by atoms with E-state index in [1.54, 1.807) is 0 Å². The summed E-state index contributed by atoms with van der Waals surface area (Å²) in [6.07, 6.45) is 7.54. The average Bonchev–Trinajstić information content (AvgIpc) is 3.89.